The van der Waals surface area contributed by atoms with Crippen LogP contribution in [0.1, 0.15) is 65.2 Å². The molecule has 1 saturated carbocycles. The van der Waals surface area contributed by atoms with Crippen molar-refractivity contribution in [3.05, 3.63) is 5.92 Å². The first-order valence-electron chi connectivity index (χ1n) is 5.69. The second kappa shape index (κ2) is 5.61. The van der Waals surface area contributed by atoms with E-state index in [9.17, 15) is 0 Å². The molecular formula is C12H23. The first-order valence-corrected chi connectivity index (χ1v) is 5.69. The van der Waals surface area contributed by atoms with Crippen LogP contribution in [0.2, 0.25) is 0 Å². The van der Waals surface area contributed by atoms with Gasteiger partial charge in [0.15, 0.2) is 0 Å². The summed E-state index contributed by atoms with van der Waals surface area (Å²) >= 11 is 0. The molecule has 0 aromatic rings. The van der Waals surface area contributed by atoms with Crippen LogP contribution in [0.3, 0.4) is 0 Å². The van der Waals surface area contributed by atoms with Crippen molar-refractivity contribution in [1.29, 1.82) is 0 Å². The van der Waals surface area contributed by atoms with E-state index in [0.29, 0.717) is 0 Å². The van der Waals surface area contributed by atoms with Crippen LogP contribution in [-0.4, -0.2) is 0 Å². The average Bonchev–Trinajstić information content (AvgIpc) is 2.02. The standard InChI is InChI=1S/C12H23/c1-3-11(2)12-9-7-5-4-6-8-10-12/h11H,3-10H2,1-2H3. The maximum atomic E-state index is 2.40. The van der Waals surface area contributed by atoms with Crippen LogP contribution in [0.15, 0.2) is 0 Å². The van der Waals surface area contributed by atoms with Gasteiger partial charge in [-0.3, -0.25) is 0 Å². The van der Waals surface area contributed by atoms with Crippen molar-refractivity contribution < 1.29 is 0 Å². The predicted octanol–water partition coefficient (Wildman–Crippen LogP) is 4.35. The van der Waals surface area contributed by atoms with Gasteiger partial charge in [0, 0.05) is 0 Å². The fraction of sp³-hybridized carbons (Fsp3) is 0.917. The summed E-state index contributed by atoms with van der Waals surface area (Å²) in [5.41, 5.74) is 0. The molecule has 1 fully saturated rings. The van der Waals surface area contributed by atoms with Crippen molar-refractivity contribution >= 4 is 0 Å². The van der Waals surface area contributed by atoms with Crippen molar-refractivity contribution in [1.82, 2.24) is 0 Å². The molecule has 0 aliphatic heterocycles. The quantitative estimate of drug-likeness (QED) is 0.573. The molecule has 0 heteroatoms. The zero-order valence-corrected chi connectivity index (χ0v) is 8.73. The van der Waals surface area contributed by atoms with Gasteiger partial charge in [0.25, 0.3) is 0 Å². The van der Waals surface area contributed by atoms with Crippen molar-refractivity contribution in [2.45, 2.75) is 65.2 Å². The van der Waals surface area contributed by atoms with Gasteiger partial charge < -0.3 is 0 Å². The molecule has 1 rings (SSSR count). The molecule has 0 aromatic heterocycles. The summed E-state index contributed by atoms with van der Waals surface area (Å²) in [5.74, 6) is 2.75. The van der Waals surface area contributed by atoms with Gasteiger partial charge in [-0.2, -0.15) is 0 Å². The Kier molecular flexibility index (Phi) is 4.72. The molecule has 12 heavy (non-hydrogen) atoms. The third kappa shape index (κ3) is 3.16. The predicted molar refractivity (Wildman–Crippen MR) is 55.0 cm³/mol. The highest BCUT2D eigenvalue weighted by Gasteiger charge is 2.16. The molecule has 0 aromatic carbocycles. The Hall–Kier alpha value is 0. The van der Waals surface area contributed by atoms with E-state index in [1.165, 1.54) is 51.4 Å². The molecule has 71 valence electrons. The van der Waals surface area contributed by atoms with E-state index < -0.39 is 0 Å². The summed E-state index contributed by atoms with van der Waals surface area (Å²) in [5, 5.41) is 0. The summed E-state index contributed by atoms with van der Waals surface area (Å²) < 4.78 is 0. The first kappa shape index (κ1) is 10.1. The highest BCUT2D eigenvalue weighted by atomic mass is 14.2. The third-order valence-corrected chi connectivity index (χ3v) is 3.31. The minimum absolute atomic E-state index is 0.892. The maximum absolute atomic E-state index is 2.40. The van der Waals surface area contributed by atoms with E-state index in [0.717, 1.165) is 5.92 Å². The van der Waals surface area contributed by atoms with Gasteiger partial charge in [0.1, 0.15) is 0 Å². The van der Waals surface area contributed by atoms with Gasteiger partial charge in [-0.1, -0.05) is 52.4 Å². The minimum atomic E-state index is 0.892. The normalized spacial score (nSPS) is 24.5. The van der Waals surface area contributed by atoms with Gasteiger partial charge in [0.2, 0.25) is 0 Å². The van der Waals surface area contributed by atoms with E-state index in [2.05, 4.69) is 13.8 Å². The summed E-state index contributed by atoms with van der Waals surface area (Å²) in [6.45, 7) is 4.72. The van der Waals surface area contributed by atoms with E-state index in [4.69, 9.17) is 0 Å². The Balaban J connectivity index is 2.29. The van der Waals surface area contributed by atoms with Crippen molar-refractivity contribution in [2.24, 2.45) is 5.92 Å². The maximum Gasteiger partial charge on any atom is -0.0213 e. The van der Waals surface area contributed by atoms with Crippen molar-refractivity contribution in [2.75, 3.05) is 0 Å². The minimum Gasteiger partial charge on any atom is -0.0651 e. The monoisotopic (exact) mass is 167 g/mol. The second-order valence-corrected chi connectivity index (χ2v) is 4.24. The summed E-state index contributed by atoms with van der Waals surface area (Å²) in [6.07, 6.45) is 11.5. The molecule has 0 N–H and O–H groups in total. The first-order chi connectivity index (χ1) is 5.84. The van der Waals surface area contributed by atoms with Crippen LogP contribution in [0.4, 0.5) is 0 Å². The topological polar surface area (TPSA) is 0 Å². The van der Waals surface area contributed by atoms with Crippen LogP contribution in [0.25, 0.3) is 0 Å². The molecule has 1 atom stereocenters. The lowest BCUT2D eigenvalue weighted by molar-refractivity contribution is 0.439. The summed E-state index contributed by atoms with van der Waals surface area (Å²) in [6, 6.07) is 0. The second-order valence-electron chi connectivity index (χ2n) is 4.24. The molecule has 1 aliphatic carbocycles. The Morgan fingerprint density at radius 1 is 1.00 bits per heavy atom. The lowest BCUT2D eigenvalue weighted by atomic mass is 9.82. The van der Waals surface area contributed by atoms with Gasteiger partial charge in [0.05, 0.1) is 0 Å². The molecule has 1 aliphatic rings. The molecule has 1 radical (unpaired) electrons. The van der Waals surface area contributed by atoms with Crippen molar-refractivity contribution in [3.8, 4) is 0 Å². The zero-order valence-electron chi connectivity index (χ0n) is 8.73. The number of hydrogen-bond acceptors (Lipinski definition) is 0. The van der Waals surface area contributed by atoms with Gasteiger partial charge in [-0.25, -0.2) is 0 Å². The van der Waals surface area contributed by atoms with Crippen LogP contribution in [0, 0.1) is 11.8 Å². The number of rotatable bonds is 2. The summed E-state index contributed by atoms with van der Waals surface area (Å²) in [7, 11) is 0. The molecule has 0 heterocycles. The number of hydrogen-bond donors (Lipinski definition) is 0. The van der Waals surface area contributed by atoms with Gasteiger partial charge in [-0.05, 0) is 24.7 Å². The largest absolute Gasteiger partial charge is 0.0651 e. The van der Waals surface area contributed by atoms with Crippen molar-refractivity contribution in [3.63, 3.8) is 0 Å². The van der Waals surface area contributed by atoms with Gasteiger partial charge in [-0.15, -0.1) is 0 Å². The highest BCUT2D eigenvalue weighted by Crippen LogP contribution is 2.31. The Labute approximate surface area is 77.7 Å². The van der Waals surface area contributed by atoms with E-state index >= 15 is 0 Å². The fourth-order valence-corrected chi connectivity index (χ4v) is 2.14. The molecule has 0 spiro atoms. The molecule has 0 bridgehead atoms. The lowest BCUT2D eigenvalue weighted by Gasteiger charge is -2.24. The van der Waals surface area contributed by atoms with Crippen LogP contribution >= 0.6 is 0 Å². The van der Waals surface area contributed by atoms with Crippen LogP contribution < -0.4 is 0 Å². The van der Waals surface area contributed by atoms with E-state index in [1.807, 2.05) is 5.92 Å². The van der Waals surface area contributed by atoms with Crippen LogP contribution in [0.5, 0.6) is 0 Å². The lowest BCUT2D eigenvalue weighted by Crippen LogP contribution is -2.10. The Bertz CT molecular complexity index is 98.6. The third-order valence-electron chi connectivity index (χ3n) is 3.31. The Morgan fingerprint density at radius 2 is 1.50 bits per heavy atom. The molecule has 0 amide bonds. The molecule has 0 saturated heterocycles. The molecular weight excluding hydrogens is 144 g/mol. The highest BCUT2D eigenvalue weighted by molar-refractivity contribution is 4.94. The molecule has 1 unspecified atom stereocenters. The fourth-order valence-electron chi connectivity index (χ4n) is 2.14. The Morgan fingerprint density at radius 3 is 2.00 bits per heavy atom. The zero-order chi connectivity index (χ0) is 8.81. The van der Waals surface area contributed by atoms with E-state index in [1.54, 1.807) is 0 Å². The summed E-state index contributed by atoms with van der Waals surface area (Å²) in [4.78, 5) is 0. The van der Waals surface area contributed by atoms with Gasteiger partial charge >= 0.3 is 0 Å². The molecule has 0 nitrogen and oxygen atoms in total. The smallest absolute Gasteiger partial charge is 0.0213 e. The van der Waals surface area contributed by atoms with Crippen LogP contribution in [-0.2, 0) is 0 Å². The average molecular weight is 167 g/mol. The SMILES string of the molecule is CCC(C)[C]1CCCCCCC1. The van der Waals surface area contributed by atoms with E-state index in [-0.39, 0.29) is 0 Å².